The molecule has 0 heterocycles. The van der Waals surface area contributed by atoms with Crippen molar-refractivity contribution in [2.75, 3.05) is 44.2 Å². The monoisotopic (exact) mass is 221 g/mol. The molecular weight excluding hydrogens is 202 g/mol. The first kappa shape index (κ1) is 13.0. The fraction of sp³-hybridized carbons (Fsp3) is 0.875. The molecule has 0 unspecified atom stereocenters. The largest absolute Gasteiger partial charge is 0.356 e. The number of hydrogen-bond donors (Lipinski definition) is 2. The number of aliphatic imine (C=N–C) groups is 1. The van der Waals surface area contributed by atoms with E-state index >= 15 is 0 Å². The summed E-state index contributed by atoms with van der Waals surface area (Å²) in [5, 5.41) is 6.48. The van der Waals surface area contributed by atoms with Crippen LogP contribution in [0.5, 0.6) is 0 Å². The zero-order valence-corrected chi connectivity index (χ0v) is 10.2. The van der Waals surface area contributed by atoms with E-state index in [1.165, 1.54) is 0 Å². The molecule has 0 fully saturated rings. The number of rotatable bonds is 6. The summed E-state index contributed by atoms with van der Waals surface area (Å²) in [5.41, 5.74) is 0. The van der Waals surface area contributed by atoms with Crippen LogP contribution in [0.3, 0.4) is 0 Å². The van der Waals surface area contributed by atoms with Gasteiger partial charge in [-0.15, -0.1) is 0 Å². The van der Waals surface area contributed by atoms with Crippen LogP contribution < -0.4 is 10.6 Å². The molecule has 0 rings (SSSR count). The lowest BCUT2D eigenvalue weighted by atomic mass is 10.6. The second kappa shape index (κ2) is 10.1. The molecule has 0 saturated heterocycles. The van der Waals surface area contributed by atoms with E-state index in [1.807, 2.05) is 23.5 Å². The van der Waals surface area contributed by atoms with E-state index in [-0.39, 0.29) is 0 Å². The van der Waals surface area contributed by atoms with Crippen molar-refractivity contribution in [3.8, 4) is 0 Å². The first-order valence-corrected chi connectivity index (χ1v) is 7.06. The van der Waals surface area contributed by atoms with Crippen LogP contribution in [0.15, 0.2) is 4.99 Å². The summed E-state index contributed by atoms with van der Waals surface area (Å²) in [4.78, 5) is 4.11. The van der Waals surface area contributed by atoms with Gasteiger partial charge in [0.05, 0.1) is 0 Å². The smallest absolute Gasteiger partial charge is 0.191 e. The van der Waals surface area contributed by atoms with Gasteiger partial charge in [0, 0.05) is 31.6 Å². The highest BCUT2D eigenvalue weighted by atomic mass is 32.2. The molecule has 13 heavy (non-hydrogen) atoms. The molecule has 0 aromatic carbocycles. The Labute approximate surface area is 89.5 Å². The fourth-order valence-corrected chi connectivity index (χ4v) is 1.38. The van der Waals surface area contributed by atoms with Gasteiger partial charge in [0.1, 0.15) is 0 Å². The van der Waals surface area contributed by atoms with Crippen LogP contribution in [0, 0.1) is 0 Å². The minimum atomic E-state index is 0.906. The lowest BCUT2D eigenvalue weighted by Crippen LogP contribution is -2.39. The van der Waals surface area contributed by atoms with Crippen molar-refractivity contribution in [3.63, 3.8) is 0 Å². The van der Waals surface area contributed by atoms with Gasteiger partial charge >= 0.3 is 0 Å². The Hall–Kier alpha value is -0.0300. The highest BCUT2D eigenvalue weighted by molar-refractivity contribution is 7.98. The maximum Gasteiger partial charge on any atom is 0.191 e. The molecule has 0 aromatic heterocycles. The first-order chi connectivity index (χ1) is 6.35. The van der Waals surface area contributed by atoms with E-state index in [1.54, 1.807) is 7.05 Å². The third kappa shape index (κ3) is 8.30. The molecule has 0 aromatic rings. The Morgan fingerprint density at radius 2 is 1.54 bits per heavy atom. The lowest BCUT2D eigenvalue weighted by molar-refractivity contribution is 0.865. The first-order valence-electron chi connectivity index (χ1n) is 4.27. The van der Waals surface area contributed by atoms with Crippen molar-refractivity contribution in [2.24, 2.45) is 4.99 Å². The zero-order valence-electron chi connectivity index (χ0n) is 8.59. The van der Waals surface area contributed by atoms with Crippen LogP contribution in [0.2, 0.25) is 0 Å². The summed E-state index contributed by atoms with van der Waals surface area (Å²) in [5.74, 6) is 3.13. The maximum absolute atomic E-state index is 4.11. The topological polar surface area (TPSA) is 36.4 Å². The molecule has 0 aliphatic rings. The van der Waals surface area contributed by atoms with Gasteiger partial charge in [0.15, 0.2) is 5.96 Å². The number of hydrogen-bond acceptors (Lipinski definition) is 3. The molecule has 0 bridgehead atoms. The normalized spacial score (nSPS) is 9.46. The van der Waals surface area contributed by atoms with E-state index in [2.05, 4.69) is 28.1 Å². The molecule has 0 aliphatic carbocycles. The lowest BCUT2D eigenvalue weighted by Gasteiger charge is -2.10. The molecule has 0 aliphatic heterocycles. The Morgan fingerprint density at radius 3 is 1.85 bits per heavy atom. The van der Waals surface area contributed by atoms with Crippen LogP contribution >= 0.6 is 23.5 Å². The standard InChI is InChI=1S/C8H19N3S2/c1-9-8(10-4-6-12-2)11-5-7-13-3/h4-7H2,1-3H3,(H2,9,10,11). The SMILES string of the molecule is CN=C(NCCSC)NCCSC. The van der Waals surface area contributed by atoms with Gasteiger partial charge in [0.25, 0.3) is 0 Å². The van der Waals surface area contributed by atoms with Crippen molar-refractivity contribution in [2.45, 2.75) is 0 Å². The van der Waals surface area contributed by atoms with Gasteiger partial charge in [-0.25, -0.2) is 0 Å². The Kier molecular flexibility index (Phi) is 10.0. The van der Waals surface area contributed by atoms with Crippen molar-refractivity contribution in [1.29, 1.82) is 0 Å². The van der Waals surface area contributed by atoms with E-state index in [0.717, 1.165) is 30.6 Å². The minimum Gasteiger partial charge on any atom is -0.356 e. The molecule has 0 saturated carbocycles. The summed E-state index contributed by atoms with van der Waals surface area (Å²) < 4.78 is 0. The highest BCUT2D eigenvalue weighted by Gasteiger charge is 1.94. The quantitative estimate of drug-likeness (QED) is 0.396. The number of thioether (sulfide) groups is 2. The zero-order chi connectivity index (χ0) is 9.94. The Bertz CT molecular complexity index is 127. The van der Waals surface area contributed by atoms with Crippen LogP contribution in [-0.2, 0) is 0 Å². The van der Waals surface area contributed by atoms with Gasteiger partial charge in [-0.05, 0) is 12.5 Å². The molecule has 78 valence electrons. The molecular formula is C8H19N3S2. The van der Waals surface area contributed by atoms with Gasteiger partial charge in [-0.1, -0.05) is 0 Å². The highest BCUT2D eigenvalue weighted by Crippen LogP contribution is 1.88. The average molecular weight is 221 g/mol. The van der Waals surface area contributed by atoms with Crippen molar-refractivity contribution in [1.82, 2.24) is 10.6 Å². The van der Waals surface area contributed by atoms with Crippen LogP contribution in [0.25, 0.3) is 0 Å². The summed E-state index contributed by atoms with van der Waals surface area (Å²) in [6.07, 6.45) is 4.21. The Balaban J connectivity index is 3.41. The second-order valence-corrected chi connectivity index (χ2v) is 4.38. The second-order valence-electron chi connectivity index (χ2n) is 2.41. The molecule has 0 atom stereocenters. The van der Waals surface area contributed by atoms with Crippen LogP contribution in [0.4, 0.5) is 0 Å². The van der Waals surface area contributed by atoms with Gasteiger partial charge < -0.3 is 10.6 Å². The van der Waals surface area contributed by atoms with E-state index in [0.29, 0.717) is 0 Å². The third-order valence-electron chi connectivity index (χ3n) is 1.42. The van der Waals surface area contributed by atoms with Gasteiger partial charge in [-0.3, -0.25) is 4.99 Å². The van der Waals surface area contributed by atoms with E-state index < -0.39 is 0 Å². The van der Waals surface area contributed by atoms with Gasteiger partial charge in [-0.2, -0.15) is 23.5 Å². The summed E-state index contributed by atoms with van der Waals surface area (Å²) in [6.45, 7) is 1.94. The van der Waals surface area contributed by atoms with E-state index in [9.17, 15) is 0 Å². The predicted molar refractivity (Wildman–Crippen MR) is 66.1 cm³/mol. The molecule has 2 N–H and O–H groups in total. The van der Waals surface area contributed by atoms with Crippen LogP contribution in [-0.4, -0.2) is 50.1 Å². The third-order valence-corrected chi connectivity index (χ3v) is 2.65. The molecule has 3 nitrogen and oxygen atoms in total. The number of nitrogens with zero attached hydrogens (tertiary/aromatic N) is 1. The van der Waals surface area contributed by atoms with Crippen molar-refractivity contribution < 1.29 is 0 Å². The Morgan fingerprint density at radius 1 is 1.08 bits per heavy atom. The maximum atomic E-state index is 4.11. The summed E-state index contributed by atoms with van der Waals surface area (Å²) in [7, 11) is 1.80. The minimum absolute atomic E-state index is 0.906. The molecule has 0 amide bonds. The van der Waals surface area contributed by atoms with Crippen molar-refractivity contribution >= 4 is 29.5 Å². The fourth-order valence-electron chi connectivity index (χ4n) is 0.764. The van der Waals surface area contributed by atoms with Crippen molar-refractivity contribution in [3.05, 3.63) is 0 Å². The number of guanidine groups is 1. The summed E-state index contributed by atoms with van der Waals surface area (Å²) in [6, 6.07) is 0. The molecule has 0 radical (unpaired) electrons. The molecule has 0 spiro atoms. The van der Waals surface area contributed by atoms with Crippen LogP contribution in [0.1, 0.15) is 0 Å². The summed E-state index contributed by atoms with van der Waals surface area (Å²) >= 11 is 3.67. The van der Waals surface area contributed by atoms with Gasteiger partial charge in [0.2, 0.25) is 0 Å². The molecule has 5 heteroatoms. The predicted octanol–water partition coefficient (Wildman–Crippen LogP) is 0.877. The average Bonchev–Trinajstić information content (AvgIpc) is 2.16. The van der Waals surface area contributed by atoms with E-state index in [4.69, 9.17) is 0 Å². The number of nitrogens with one attached hydrogen (secondary N) is 2.